The number of nitrogens with zero attached hydrogens (tertiary/aromatic N) is 2. The van der Waals surface area contributed by atoms with Gasteiger partial charge in [0.25, 0.3) is 11.1 Å². The Balaban J connectivity index is 1.63. The summed E-state index contributed by atoms with van der Waals surface area (Å²) < 4.78 is 21.1. The Labute approximate surface area is 153 Å². The zero-order chi connectivity index (χ0) is 18.5. The molecular formula is C17H17N3O5S. The summed E-state index contributed by atoms with van der Waals surface area (Å²) in [5.74, 6) is 1.66. The minimum absolute atomic E-state index is 0.208. The van der Waals surface area contributed by atoms with Gasteiger partial charge in [0.05, 0.1) is 25.7 Å². The fourth-order valence-corrected chi connectivity index (χ4v) is 2.80. The molecule has 3 rings (SSSR count). The van der Waals surface area contributed by atoms with E-state index in [9.17, 15) is 4.79 Å². The number of furan rings is 1. The van der Waals surface area contributed by atoms with Crippen LogP contribution in [0.2, 0.25) is 0 Å². The number of carbonyl (C=O) groups is 1. The molecule has 9 heteroatoms. The maximum Gasteiger partial charge on any atom is 0.284 e. The van der Waals surface area contributed by atoms with Crippen molar-refractivity contribution in [1.29, 1.82) is 0 Å². The van der Waals surface area contributed by atoms with E-state index in [0.29, 0.717) is 22.9 Å². The van der Waals surface area contributed by atoms with Crippen LogP contribution in [0.1, 0.15) is 6.92 Å². The Hall–Kier alpha value is -2.94. The quantitative estimate of drug-likeness (QED) is 0.627. The lowest BCUT2D eigenvalue weighted by molar-refractivity contribution is -0.115. The molecule has 0 radical (unpaired) electrons. The smallest absolute Gasteiger partial charge is 0.284 e. The normalized spacial score (nSPS) is 11.8. The van der Waals surface area contributed by atoms with E-state index in [0.717, 1.165) is 11.8 Å². The molecule has 1 atom stereocenters. The molecule has 8 nitrogen and oxygen atoms in total. The third-order valence-corrected chi connectivity index (χ3v) is 4.37. The zero-order valence-corrected chi connectivity index (χ0v) is 15.2. The van der Waals surface area contributed by atoms with Crippen LogP contribution in [0.4, 0.5) is 5.69 Å². The summed E-state index contributed by atoms with van der Waals surface area (Å²) in [5.41, 5.74) is 0.599. The van der Waals surface area contributed by atoms with Crippen LogP contribution in [0.3, 0.4) is 0 Å². The Morgan fingerprint density at radius 2 is 2.00 bits per heavy atom. The Bertz CT molecular complexity index is 878. The first-order chi connectivity index (χ1) is 12.6. The molecule has 0 fully saturated rings. The van der Waals surface area contributed by atoms with E-state index in [4.69, 9.17) is 18.3 Å². The molecule has 0 unspecified atom stereocenters. The van der Waals surface area contributed by atoms with Gasteiger partial charge in [-0.3, -0.25) is 4.79 Å². The van der Waals surface area contributed by atoms with Crippen molar-refractivity contribution in [2.45, 2.75) is 17.4 Å². The number of hydrogen-bond acceptors (Lipinski definition) is 8. The molecule has 136 valence electrons. The number of aromatic nitrogens is 2. The number of nitrogens with one attached hydrogen (secondary N) is 1. The largest absolute Gasteiger partial charge is 0.493 e. The first-order valence-corrected chi connectivity index (χ1v) is 8.55. The number of carbonyl (C=O) groups excluding carboxylic acids is 1. The molecule has 2 heterocycles. The molecule has 1 amide bonds. The Kier molecular flexibility index (Phi) is 5.47. The molecule has 0 bridgehead atoms. The summed E-state index contributed by atoms with van der Waals surface area (Å²) in [6.07, 6.45) is 1.52. The van der Waals surface area contributed by atoms with E-state index in [1.165, 1.54) is 13.4 Å². The predicted molar refractivity (Wildman–Crippen MR) is 95.5 cm³/mol. The third kappa shape index (κ3) is 3.99. The van der Waals surface area contributed by atoms with Crippen LogP contribution in [0.5, 0.6) is 11.5 Å². The van der Waals surface area contributed by atoms with Gasteiger partial charge in [-0.2, -0.15) is 0 Å². The fraction of sp³-hybridized carbons (Fsp3) is 0.235. The van der Waals surface area contributed by atoms with Gasteiger partial charge in [0, 0.05) is 11.8 Å². The number of amides is 1. The van der Waals surface area contributed by atoms with Gasteiger partial charge in [-0.25, -0.2) is 0 Å². The van der Waals surface area contributed by atoms with Crippen LogP contribution >= 0.6 is 11.8 Å². The first-order valence-electron chi connectivity index (χ1n) is 7.67. The Morgan fingerprint density at radius 1 is 1.19 bits per heavy atom. The average molecular weight is 375 g/mol. The van der Waals surface area contributed by atoms with Gasteiger partial charge in [-0.1, -0.05) is 11.8 Å². The zero-order valence-electron chi connectivity index (χ0n) is 14.4. The lowest BCUT2D eigenvalue weighted by Crippen LogP contribution is -2.22. The van der Waals surface area contributed by atoms with Crippen molar-refractivity contribution >= 4 is 23.4 Å². The molecule has 26 heavy (non-hydrogen) atoms. The van der Waals surface area contributed by atoms with Gasteiger partial charge < -0.3 is 23.6 Å². The molecule has 0 saturated carbocycles. The van der Waals surface area contributed by atoms with E-state index in [2.05, 4.69) is 15.5 Å². The SMILES string of the molecule is COc1ccc(NC(=O)[C@@H](C)Sc2nnc(-c3ccco3)o2)cc1OC. The average Bonchev–Trinajstić information content (AvgIpc) is 3.33. The highest BCUT2D eigenvalue weighted by atomic mass is 32.2. The monoisotopic (exact) mass is 375 g/mol. The highest BCUT2D eigenvalue weighted by molar-refractivity contribution is 8.00. The van der Waals surface area contributed by atoms with Crippen molar-refractivity contribution < 1.29 is 23.1 Å². The summed E-state index contributed by atoms with van der Waals surface area (Å²) in [6.45, 7) is 1.75. The van der Waals surface area contributed by atoms with Gasteiger partial charge in [0.15, 0.2) is 17.3 Å². The van der Waals surface area contributed by atoms with Crippen LogP contribution in [-0.4, -0.2) is 35.6 Å². The minimum atomic E-state index is -0.451. The van der Waals surface area contributed by atoms with Crippen molar-refractivity contribution in [3.05, 3.63) is 36.6 Å². The third-order valence-electron chi connectivity index (χ3n) is 3.44. The molecular weight excluding hydrogens is 358 g/mol. The molecule has 0 spiro atoms. The number of rotatable bonds is 7. The highest BCUT2D eigenvalue weighted by Gasteiger charge is 2.20. The lowest BCUT2D eigenvalue weighted by atomic mass is 10.2. The van der Waals surface area contributed by atoms with Crippen LogP contribution in [0.25, 0.3) is 11.7 Å². The molecule has 1 aromatic carbocycles. The van der Waals surface area contributed by atoms with Crippen LogP contribution in [0.15, 0.2) is 50.7 Å². The van der Waals surface area contributed by atoms with Gasteiger partial charge in [-0.15, -0.1) is 10.2 Å². The van der Waals surface area contributed by atoms with Crippen molar-refractivity contribution in [3.63, 3.8) is 0 Å². The van der Waals surface area contributed by atoms with Crippen molar-refractivity contribution in [3.8, 4) is 23.1 Å². The standard InChI is InChI=1S/C17H17N3O5S/c1-10(26-17-20-19-16(25-17)13-5-4-8-24-13)15(21)18-11-6-7-12(22-2)14(9-11)23-3/h4-10H,1-3H3,(H,18,21)/t10-/m1/s1. The topological polar surface area (TPSA) is 99.6 Å². The number of methoxy groups -OCH3 is 2. The molecule has 0 aliphatic rings. The second-order valence-corrected chi connectivity index (χ2v) is 6.46. The van der Waals surface area contributed by atoms with E-state index in [1.54, 1.807) is 44.4 Å². The predicted octanol–water partition coefficient (Wildman–Crippen LogP) is 3.47. The molecule has 0 aliphatic carbocycles. The van der Waals surface area contributed by atoms with Gasteiger partial charge in [-0.05, 0) is 31.2 Å². The second kappa shape index (κ2) is 7.96. The molecule has 2 aromatic heterocycles. The summed E-state index contributed by atoms with van der Waals surface area (Å²) in [4.78, 5) is 12.4. The Morgan fingerprint density at radius 3 is 2.69 bits per heavy atom. The van der Waals surface area contributed by atoms with Gasteiger partial charge >= 0.3 is 0 Å². The van der Waals surface area contributed by atoms with Crippen LogP contribution in [-0.2, 0) is 4.79 Å². The van der Waals surface area contributed by atoms with E-state index >= 15 is 0 Å². The summed E-state index contributed by atoms with van der Waals surface area (Å²) in [7, 11) is 3.09. The van der Waals surface area contributed by atoms with Gasteiger partial charge in [0.1, 0.15) is 0 Å². The number of anilines is 1. The molecule has 1 N–H and O–H groups in total. The summed E-state index contributed by atoms with van der Waals surface area (Å²) >= 11 is 1.16. The lowest BCUT2D eigenvalue weighted by Gasteiger charge is -2.12. The number of benzene rings is 1. The fourth-order valence-electron chi connectivity index (χ4n) is 2.12. The maximum atomic E-state index is 12.4. The van der Waals surface area contributed by atoms with E-state index in [-0.39, 0.29) is 17.0 Å². The van der Waals surface area contributed by atoms with Crippen molar-refractivity contribution in [2.24, 2.45) is 0 Å². The van der Waals surface area contributed by atoms with Crippen LogP contribution in [0, 0.1) is 0 Å². The number of thioether (sulfide) groups is 1. The number of ether oxygens (including phenoxy) is 2. The minimum Gasteiger partial charge on any atom is -0.493 e. The number of hydrogen-bond donors (Lipinski definition) is 1. The first kappa shape index (κ1) is 17.9. The van der Waals surface area contributed by atoms with Crippen molar-refractivity contribution in [2.75, 3.05) is 19.5 Å². The molecule has 0 aliphatic heterocycles. The van der Waals surface area contributed by atoms with Crippen LogP contribution < -0.4 is 14.8 Å². The maximum absolute atomic E-state index is 12.4. The van der Waals surface area contributed by atoms with E-state index in [1.807, 2.05) is 0 Å². The summed E-state index contributed by atoms with van der Waals surface area (Å²) in [6, 6.07) is 8.59. The molecule has 0 saturated heterocycles. The molecule has 3 aromatic rings. The summed E-state index contributed by atoms with van der Waals surface area (Å²) in [5, 5.41) is 10.5. The van der Waals surface area contributed by atoms with Gasteiger partial charge in [0.2, 0.25) is 5.91 Å². The van der Waals surface area contributed by atoms with Crippen molar-refractivity contribution in [1.82, 2.24) is 10.2 Å². The second-order valence-electron chi connectivity index (χ2n) is 5.17. The van der Waals surface area contributed by atoms with E-state index < -0.39 is 5.25 Å². The highest BCUT2D eigenvalue weighted by Crippen LogP contribution is 2.31.